The number of nitrogens with one attached hydrogen (secondary N) is 2. The average molecular weight is 245 g/mol. The summed E-state index contributed by atoms with van der Waals surface area (Å²) in [7, 11) is 0. The van der Waals surface area contributed by atoms with E-state index in [4.69, 9.17) is 15.9 Å². The molecule has 7 heteroatoms. The van der Waals surface area contributed by atoms with Gasteiger partial charge < -0.3 is 21.3 Å². The highest BCUT2D eigenvalue weighted by atomic mass is 16.4. The van der Waals surface area contributed by atoms with Crippen LogP contribution in [0.15, 0.2) is 12.4 Å². The summed E-state index contributed by atoms with van der Waals surface area (Å²) in [6.07, 6.45) is 0.861. The molecular formula is C10H19N3O4. The number of carboxylic acid groups (broad SMARTS) is 2. The normalized spacial score (nSPS) is 13.7. The van der Waals surface area contributed by atoms with Crippen molar-refractivity contribution in [1.29, 1.82) is 0 Å². The second-order valence-electron chi connectivity index (χ2n) is 3.71. The highest BCUT2D eigenvalue weighted by Crippen LogP contribution is 1.99. The zero-order valence-corrected chi connectivity index (χ0v) is 9.77. The summed E-state index contributed by atoms with van der Waals surface area (Å²) in [5, 5.41) is 22.8. The van der Waals surface area contributed by atoms with E-state index in [2.05, 4.69) is 17.2 Å². The Morgan fingerprint density at radius 3 is 2.35 bits per heavy atom. The number of aliphatic carboxylic acids is 2. The van der Waals surface area contributed by atoms with Crippen LogP contribution in [-0.2, 0) is 9.59 Å². The molecule has 0 radical (unpaired) electrons. The van der Waals surface area contributed by atoms with Gasteiger partial charge in [0.2, 0.25) is 0 Å². The summed E-state index contributed by atoms with van der Waals surface area (Å²) < 4.78 is 0. The Morgan fingerprint density at radius 1 is 1.35 bits per heavy atom. The van der Waals surface area contributed by atoms with E-state index in [-0.39, 0.29) is 0 Å². The van der Waals surface area contributed by atoms with E-state index in [0.29, 0.717) is 25.2 Å². The Balaban J connectivity index is 4.03. The Bertz CT molecular complexity index is 293. The van der Waals surface area contributed by atoms with Crippen LogP contribution >= 0.6 is 0 Å². The van der Waals surface area contributed by atoms with Crippen LogP contribution in [0.25, 0.3) is 0 Å². The Labute approximate surface area is 99.7 Å². The van der Waals surface area contributed by atoms with E-state index < -0.39 is 24.0 Å². The van der Waals surface area contributed by atoms with Crippen LogP contribution in [0.4, 0.5) is 0 Å². The maximum atomic E-state index is 10.9. The fourth-order valence-electron chi connectivity index (χ4n) is 1.21. The molecule has 0 unspecified atom stereocenters. The molecule has 0 saturated carbocycles. The van der Waals surface area contributed by atoms with E-state index in [9.17, 15) is 9.59 Å². The third kappa shape index (κ3) is 7.18. The van der Waals surface area contributed by atoms with Gasteiger partial charge in [-0.25, -0.2) is 0 Å². The van der Waals surface area contributed by atoms with Crippen LogP contribution in [0.3, 0.4) is 0 Å². The largest absolute Gasteiger partial charge is 0.480 e. The van der Waals surface area contributed by atoms with Gasteiger partial charge in [-0.2, -0.15) is 0 Å². The van der Waals surface area contributed by atoms with Crippen molar-refractivity contribution < 1.29 is 19.8 Å². The van der Waals surface area contributed by atoms with Gasteiger partial charge in [-0.15, -0.1) is 0 Å². The fraction of sp³-hybridized carbons (Fsp3) is 0.600. The SMILES string of the molecule is C=C(N)NCCC[C@@H](N[C@@H](C)C(=O)O)C(=O)O. The topological polar surface area (TPSA) is 125 Å². The number of carboxylic acids is 2. The van der Waals surface area contributed by atoms with E-state index in [1.165, 1.54) is 6.92 Å². The molecule has 0 saturated heterocycles. The van der Waals surface area contributed by atoms with Crippen molar-refractivity contribution in [3.8, 4) is 0 Å². The molecule has 0 fully saturated rings. The summed E-state index contributed by atoms with van der Waals surface area (Å²) >= 11 is 0. The molecule has 0 aliphatic rings. The van der Waals surface area contributed by atoms with E-state index >= 15 is 0 Å². The lowest BCUT2D eigenvalue weighted by atomic mass is 10.1. The van der Waals surface area contributed by atoms with Crippen molar-refractivity contribution in [1.82, 2.24) is 10.6 Å². The van der Waals surface area contributed by atoms with Crippen molar-refractivity contribution in [3.63, 3.8) is 0 Å². The van der Waals surface area contributed by atoms with E-state index in [1.807, 2.05) is 0 Å². The molecule has 0 aliphatic heterocycles. The standard InChI is InChI=1S/C10H19N3O4/c1-6(9(14)15)13-8(10(16)17)4-3-5-12-7(2)11/h6,8,12-13H,2-5,11H2,1H3,(H,14,15)(H,16,17)/t6-,8+/m0/s1. The van der Waals surface area contributed by atoms with Crippen LogP contribution in [-0.4, -0.2) is 40.8 Å². The fourth-order valence-corrected chi connectivity index (χ4v) is 1.21. The maximum absolute atomic E-state index is 10.9. The molecule has 0 bridgehead atoms. The third-order valence-electron chi connectivity index (χ3n) is 2.14. The highest BCUT2D eigenvalue weighted by molar-refractivity contribution is 5.77. The molecule has 0 aliphatic carbocycles. The first kappa shape index (κ1) is 15.2. The molecule has 98 valence electrons. The van der Waals surface area contributed by atoms with Crippen molar-refractivity contribution >= 4 is 11.9 Å². The van der Waals surface area contributed by atoms with Crippen LogP contribution in [0.1, 0.15) is 19.8 Å². The first-order valence-electron chi connectivity index (χ1n) is 5.24. The zero-order valence-electron chi connectivity index (χ0n) is 9.77. The molecular weight excluding hydrogens is 226 g/mol. The average Bonchev–Trinajstić information content (AvgIpc) is 2.21. The first-order chi connectivity index (χ1) is 7.84. The van der Waals surface area contributed by atoms with Gasteiger partial charge in [-0.3, -0.25) is 14.9 Å². The highest BCUT2D eigenvalue weighted by Gasteiger charge is 2.22. The first-order valence-corrected chi connectivity index (χ1v) is 5.24. The van der Waals surface area contributed by atoms with Gasteiger partial charge in [-0.1, -0.05) is 6.58 Å². The lowest BCUT2D eigenvalue weighted by molar-refractivity contribution is -0.142. The number of rotatable bonds is 9. The molecule has 0 aromatic heterocycles. The predicted octanol–water partition coefficient (Wildman–Crippen LogP) is -0.698. The second kappa shape index (κ2) is 7.50. The molecule has 0 amide bonds. The second-order valence-corrected chi connectivity index (χ2v) is 3.71. The minimum absolute atomic E-state index is 0.313. The summed E-state index contributed by atoms with van der Waals surface area (Å²) in [6, 6.07) is -1.78. The van der Waals surface area contributed by atoms with Crippen LogP contribution in [0.5, 0.6) is 0 Å². The monoisotopic (exact) mass is 245 g/mol. The molecule has 7 nitrogen and oxygen atoms in total. The lowest BCUT2D eigenvalue weighted by Gasteiger charge is -2.17. The van der Waals surface area contributed by atoms with Gasteiger partial charge in [0.1, 0.15) is 12.1 Å². The number of hydrogen-bond acceptors (Lipinski definition) is 5. The van der Waals surface area contributed by atoms with Crippen molar-refractivity contribution in [2.45, 2.75) is 31.8 Å². The number of carbonyl (C=O) groups is 2. The van der Waals surface area contributed by atoms with Gasteiger partial charge in [0.15, 0.2) is 0 Å². The molecule has 0 aromatic carbocycles. The van der Waals surface area contributed by atoms with Gasteiger partial charge in [0.05, 0.1) is 5.82 Å². The van der Waals surface area contributed by atoms with Gasteiger partial charge in [0.25, 0.3) is 0 Å². The zero-order chi connectivity index (χ0) is 13.4. The molecule has 0 heterocycles. The van der Waals surface area contributed by atoms with Gasteiger partial charge in [-0.05, 0) is 19.8 Å². The molecule has 17 heavy (non-hydrogen) atoms. The quantitative estimate of drug-likeness (QED) is 0.340. The predicted molar refractivity (Wildman–Crippen MR) is 62.2 cm³/mol. The number of hydrogen-bond donors (Lipinski definition) is 5. The van der Waals surface area contributed by atoms with Crippen molar-refractivity contribution in [2.24, 2.45) is 5.73 Å². The molecule has 2 atom stereocenters. The van der Waals surface area contributed by atoms with E-state index in [0.717, 1.165) is 0 Å². The molecule has 0 rings (SSSR count). The summed E-state index contributed by atoms with van der Waals surface area (Å²) in [6.45, 7) is 5.34. The summed E-state index contributed by atoms with van der Waals surface area (Å²) in [5.41, 5.74) is 5.27. The minimum Gasteiger partial charge on any atom is -0.480 e. The Morgan fingerprint density at radius 2 is 1.94 bits per heavy atom. The smallest absolute Gasteiger partial charge is 0.320 e. The molecule has 0 spiro atoms. The number of nitrogens with two attached hydrogens (primary N) is 1. The van der Waals surface area contributed by atoms with Gasteiger partial charge in [0, 0.05) is 6.54 Å². The third-order valence-corrected chi connectivity index (χ3v) is 2.14. The Kier molecular flexibility index (Phi) is 6.73. The molecule has 0 aromatic rings. The van der Waals surface area contributed by atoms with Crippen LogP contribution < -0.4 is 16.4 Å². The maximum Gasteiger partial charge on any atom is 0.320 e. The molecule has 6 N–H and O–H groups in total. The van der Waals surface area contributed by atoms with E-state index in [1.54, 1.807) is 0 Å². The summed E-state index contributed by atoms with van der Waals surface area (Å²) in [4.78, 5) is 21.4. The van der Waals surface area contributed by atoms with Crippen LogP contribution in [0.2, 0.25) is 0 Å². The van der Waals surface area contributed by atoms with Crippen molar-refractivity contribution in [2.75, 3.05) is 6.54 Å². The minimum atomic E-state index is -1.08. The summed E-state index contributed by atoms with van der Waals surface area (Å²) in [5.74, 6) is -1.82. The Hall–Kier alpha value is -1.76. The van der Waals surface area contributed by atoms with Crippen molar-refractivity contribution in [3.05, 3.63) is 12.4 Å². The van der Waals surface area contributed by atoms with Gasteiger partial charge >= 0.3 is 11.9 Å². The van der Waals surface area contributed by atoms with Crippen LogP contribution in [0, 0.1) is 0 Å². The lowest BCUT2D eigenvalue weighted by Crippen LogP contribution is -2.45.